The summed E-state index contributed by atoms with van der Waals surface area (Å²) in [5.74, 6) is 0.857. The second-order valence-electron chi connectivity index (χ2n) is 5.59. The van der Waals surface area contributed by atoms with Crippen molar-refractivity contribution in [3.63, 3.8) is 0 Å². The molecule has 1 amide bonds. The van der Waals surface area contributed by atoms with E-state index in [-0.39, 0.29) is 17.5 Å². The average Bonchev–Trinajstić information content (AvgIpc) is 2.60. The summed E-state index contributed by atoms with van der Waals surface area (Å²) in [5, 5.41) is 12.2. The highest BCUT2D eigenvalue weighted by Gasteiger charge is 2.18. The third-order valence-corrected chi connectivity index (χ3v) is 4.02. The summed E-state index contributed by atoms with van der Waals surface area (Å²) in [7, 11) is 3.11. The summed E-state index contributed by atoms with van der Waals surface area (Å²) < 4.78 is 10.4. The fourth-order valence-corrected chi connectivity index (χ4v) is 2.77. The van der Waals surface area contributed by atoms with Crippen LogP contribution in [0.25, 0.3) is 6.08 Å². The van der Waals surface area contributed by atoms with E-state index in [2.05, 4.69) is 5.32 Å². The van der Waals surface area contributed by atoms with Gasteiger partial charge in [0.2, 0.25) is 0 Å². The molecule has 5 nitrogen and oxygen atoms in total. The van der Waals surface area contributed by atoms with Crippen molar-refractivity contribution in [2.45, 2.75) is 38.1 Å². The standard InChI is InChI=1S/C18H22N2O3/c1-22-16-9-8-13(11-17(16)23-2)10-14(12-19)18(21)20-15-6-4-3-5-7-15/h8-11,15H,3-7H2,1-2H3,(H,20,21)/b14-10-. The molecular weight excluding hydrogens is 292 g/mol. The van der Waals surface area contributed by atoms with Crippen LogP contribution in [0.2, 0.25) is 0 Å². The smallest absolute Gasteiger partial charge is 0.262 e. The zero-order chi connectivity index (χ0) is 16.7. The summed E-state index contributed by atoms with van der Waals surface area (Å²) in [5.41, 5.74) is 0.820. The van der Waals surface area contributed by atoms with Gasteiger partial charge in [-0.3, -0.25) is 4.79 Å². The van der Waals surface area contributed by atoms with E-state index in [1.165, 1.54) is 6.42 Å². The molecule has 5 heteroatoms. The second kappa shape index (κ2) is 8.23. The molecule has 1 aromatic carbocycles. The summed E-state index contributed by atoms with van der Waals surface area (Å²) in [6.07, 6.45) is 7.03. The second-order valence-corrected chi connectivity index (χ2v) is 5.59. The van der Waals surface area contributed by atoms with Crippen molar-refractivity contribution < 1.29 is 14.3 Å². The van der Waals surface area contributed by atoms with Crippen LogP contribution in [0.3, 0.4) is 0 Å². The van der Waals surface area contributed by atoms with Gasteiger partial charge in [-0.2, -0.15) is 5.26 Å². The summed E-state index contributed by atoms with van der Waals surface area (Å²) in [4.78, 5) is 12.3. The van der Waals surface area contributed by atoms with Gasteiger partial charge < -0.3 is 14.8 Å². The van der Waals surface area contributed by atoms with Crippen LogP contribution in [0.15, 0.2) is 23.8 Å². The molecule has 0 aromatic heterocycles. The molecule has 0 heterocycles. The lowest BCUT2D eigenvalue weighted by Gasteiger charge is -2.22. The topological polar surface area (TPSA) is 71.3 Å². The van der Waals surface area contributed by atoms with Gasteiger partial charge in [-0.05, 0) is 36.6 Å². The number of methoxy groups -OCH3 is 2. The molecule has 1 aliphatic carbocycles. The molecule has 1 fully saturated rings. The molecule has 1 saturated carbocycles. The Labute approximate surface area is 136 Å². The lowest BCUT2D eigenvalue weighted by molar-refractivity contribution is -0.117. The van der Waals surface area contributed by atoms with Crippen LogP contribution in [0.5, 0.6) is 11.5 Å². The Kier molecular flexibility index (Phi) is 6.04. The molecule has 0 spiro atoms. The first kappa shape index (κ1) is 16.9. The number of carbonyl (C=O) groups is 1. The molecule has 1 aromatic rings. The Bertz CT molecular complexity index is 626. The molecule has 1 aliphatic rings. The van der Waals surface area contributed by atoms with E-state index in [0.29, 0.717) is 11.5 Å². The zero-order valence-electron chi connectivity index (χ0n) is 13.6. The normalized spacial score (nSPS) is 15.6. The third-order valence-electron chi connectivity index (χ3n) is 4.02. The molecule has 0 bridgehead atoms. The van der Waals surface area contributed by atoms with Gasteiger partial charge in [0.05, 0.1) is 14.2 Å². The molecule has 0 saturated heterocycles. The molecule has 0 aliphatic heterocycles. The zero-order valence-corrected chi connectivity index (χ0v) is 13.6. The summed E-state index contributed by atoms with van der Waals surface area (Å²) >= 11 is 0. The Morgan fingerprint density at radius 2 is 1.91 bits per heavy atom. The van der Waals surface area contributed by atoms with E-state index in [1.54, 1.807) is 38.5 Å². The number of nitriles is 1. The van der Waals surface area contributed by atoms with E-state index >= 15 is 0 Å². The SMILES string of the molecule is COc1ccc(/C=C(/C#N)C(=O)NC2CCCCC2)cc1OC. The first-order chi connectivity index (χ1) is 11.2. The number of rotatable bonds is 5. The highest BCUT2D eigenvalue weighted by atomic mass is 16.5. The van der Waals surface area contributed by atoms with Crippen molar-refractivity contribution in [3.05, 3.63) is 29.3 Å². The van der Waals surface area contributed by atoms with Gasteiger partial charge in [-0.25, -0.2) is 0 Å². The van der Waals surface area contributed by atoms with Gasteiger partial charge >= 0.3 is 0 Å². The fraction of sp³-hybridized carbons (Fsp3) is 0.444. The van der Waals surface area contributed by atoms with Gasteiger partial charge in [0.15, 0.2) is 11.5 Å². The van der Waals surface area contributed by atoms with Gasteiger partial charge in [0, 0.05) is 6.04 Å². The molecule has 0 unspecified atom stereocenters. The molecular formula is C18H22N2O3. The number of carbonyl (C=O) groups excluding carboxylic acids is 1. The first-order valence-electron chi connectivity index (χ1n) is 7.82. The molecule has 0 radical (unpaired) electrons. The van der Waals surface area contributed by atoms with Gasteiger partial charge in [0.1, 0.15) is 11.6 Å². The van der Waals surface area contributed by atoms with E-state index in [4.69, 9.17) is 9.47 Å². The Morgan fingerprint density at radius 3 is 2.52 bits per heavy atom. The predicted octanol–water partition coefficient (Wildman–Crippen LogP) is 3.06. The first-order valence-corrected chi connectivity index (χ1v) is 7.82. The van der Waals surface area contributed by atoms with Crippen molar-refractivity contribution in [2.75, 3.05) is 14.2 Å². The maximum Gasteiger partial charge on any atom is 0.262 e. The largest absolute Gasteiger partial charge is 0.493 e. The van der Waals surface area contributed by atoms with E-state index in [0.717, 1.165) is 31.2 Å². The molecule has 0 atom stereocenters. The monoisotopic (exact) mass is 314 g/mol. The van der Waals surface area contributed by atoms with Crippen LogP contribution in [0, 0.1) is 11.3 Å². The highest BCUT2D eigenvalue weighted by Crippen LogP contribution is 2.28. The van der Waals surface area contributed by atoms with Gasteiger partial charge in [-0.15, -0.1) is 0 Å². The highest BCUT2D eigenvalue weighted by molar-refractivity contribution is 6.01. The lowest BCUT2D eigenvalue weighted by Crippen LogP contribution is -2.36. The van der Waals surface area contributed by atoms with Crippen molar-refractivity contribution in [2.24, 2.45) is 0 Å². The molecule has 1 N–H and O–H groups in total. The minimum atomic E-state index is -0.311. The molecule has 2 rings (SSSR count). The lowest BCUT2D eigenvalue weighted by atomic mass is 9.95. The maximum atomic E-state index is 12.3. The number of nitrogens with one attached hydrogen (secondary N) is 1. The van der Waals surface area contributed by atoms with Gasteiger partial charge in [0.25, 0.3) is 5.91 Å². The Morgan fingerprint density at radius 1 is 1.22 bits per heavy atom. The minimum Gasteiger partial charge on any atom is -0.493 e. The molecule has 122 valence electrons. The van der Waals surface area contributed by atoms with E-state index in [9.17, 15) is 10.1 Å². The van der Waals surface area contributed by atoms with Crippen LogP contribution < -0.4 is 14.8 Å². The maximum absolute atomic E-state index is 12.3. The fourth-order valence-electron chi connectivity index (χ4n) is 2.77. The average molecular weight is 314 g/mol. The van der Waals surface area contributed by atoms with Crippen LogP contribution in [-0.2, 0) is 4.79 Å². The van der Waals surface area contributed by atoms with Crippen LogP contribution >= 0.6 is 0 Å². The number of benzene rings is 1. The predicted molar refractivity (Wildman–Crippen MR) is 88.2 cm³/mol. The van der Waals surface area contributed by atoms with Crippen molar-refractivity contribution in [3.8, 4) is 17.6 Å². The van der Waals surface area contributed by atoms with Crippen molar-refractivity contribution in [1.82, 2.24) is 5.32 Å². The van der Waals surface area contributed by atoms with E-state index in [1.807, 2.05) is 6.07 Å². The Hall–Kier alpha value is -2.48. The summed E-state index contributed by atoms with van der Waals surface area (Å²) in [6, 6.07) is 7.44. The number of hydrogen-bond acceptors (Lipinski definition) is 4. The molecule has 23 heavy (non-hydrogen) atoms. The van der Waals surface area contributed by atoms with Crippen molar-refractivity contribution in [1.29, 1.82) is 5.26 Å². The van der Waals surface area contributed by atoms with Gasteiger partial charge in [-0.1, -0.05) is 25.3 Å². The summed E-state index contributed by atoms with van der Waals surface area (Å²) in [6.45, 7) is 0. The number of nitrogens with zero attached hydrogens (tertiary/aromatic N) is 1. The van der Waals surface area contributed by atoms with E-state index < -0.39 is 0 Å². The minimum absolute atomic E-state index is 0.0998. The third kappa shape index (κ3) is 4.49. The van der Waals surface area contributed by atoms with Crippen molar-refractivity contribution >= 4 is 12.0 Å². The van der Waals surface area contributed by atoms with Crippen LogP contribution in [0.1, 0.15) is 37.7 Å². The van der Waals surface area contributed by atoms with Crippen LogP contribution in [-0.4, -0.2) is 26.2 Å². The number of ether oxygens (including phenoxy) is 2. The van der Waals surface area contributed by atoms with Crippen LogP contribution in [0.4, 0.5) is 0 Å². The number of hydrogen-bond donors (Lipinski definition) is 1. The quantitative estimate of drug-likeness (QED) is 0.670. The Balaban J connectivity index is 2.14. The number of amides is 1.